The Morgan fingerprint density at radius 3 is 3.06 bits per heavy atom. The van der Waals surface area contributed by atoms with Gasteiger partial charge < -0.3 is 5.32 Å². The van der Waals surface area contributed by atoms with E-state index < -0.39 is 0 Å². The van der Waals surface area contributed by atoms with E-state index in [9.17, 15) is 4.79 Å². The minimum absolute atomic E-state index is 0.126. The topological polar surface area (TPSA) is 42.0 Å². The van der Waals surface area contributed by atoms with Crippen molar-refractivity contribution < 1.29 is 4.79 Å². The van der Waals surface area contributed by atoms with Crippen molar-refractivity contribution in [3.63, 3.8) is 0 Å². The molecule has 1 amide bonds. The molecule has 1 aliphatic rings. The zero-order valence-corrected chi connectivity index (χ0v) is 9.59. The molecule has 1 aromatic heterocycles. The fraction of sp³-hybridized carbons (Fsp3) is 0.333. The first-order valence-corrected chi connectivity index (χ1v) is 6.27. The largest absolute Gasteiger partial charge is 0.356 e. The Morgan fingerprint density at radius 1 is 1.44 bits per heavy atom. The predicted molar refractivity (Wildman–Crippen MR) is 64.4 cm³/mol. The highest BCUT2D eigenvalue weighted by molar-refractivity contribution is 7.18. The van der Waals surface area contributed by atoms with Gasteiger partial charge in [0.15, 0.2) is 0 Å². The second-order valence-electron chi connectivity index (χ2n) is 4.06. The summed E-state index contributed by atoms with van der Waals surface area (Å²) in [6, 6.07) is 8.11. The van der Waals surface area contributed by atoms with Crippen molar-refractivity contribution in [1.29, 1.82) is 0 Å². The van der Waals surface area contributed by atoms with Crippen LogP contribution in [0.15, 0.2) is 24.3 Å². The molecular formula is C12H12N2OS. The average Bonchev–Trinajstić information content (AvgIpc) is 2.85. The smallest absolute Gasteiger partial charge is 0.223 e. The van der Waals surface area contributed by atoms with Crippen LogP contribution in [0.25, 0.3) is 10.2 Å². The van der Waals surface area contributed by atoms with Crippen LogP contribution in [0.3, 0.4) is 0 Å². The maximum absolute atomic E-state index is 11.5. The SMILES string of the molecule is O=C1NCCC1Cc1nc2ccccc2s1. The van der Waals surface area contributed by atoms with E-state index in [-0.39, 0.29) is 11.8 Å². The number of benzene rings is 1. The average molecular weight is 232 g/mol. The molecule has 3 rings (SSSR count). The molecule has 82 valence electrons. The molecule has 0 radical (unpaired) electrons. The van der Waals surface area contributed by atoms with Crippen molar-refractivity contribution in [3.05, 3.63) is 29.3 Å². The zero-order chi connectivity index (χ0) is 11.0. The molecule has 1 aliphatic heterocycles. The Labute approximate surface area is 97.5 Å². The molecule has 1 fully saturated rings. The lowest BCUT2D eigenvalue weighted by Gasteiger charge is -2.01. The van der Waals surface area contributed by atoms with E-state index >= 15 is 0 Å². The Balaban J connectivity index is 1.86. The van der Waals surface area contributed by atoms with E-state index in [0.717, 1.165) is 29.9 Å². The van der Waals surface area contributed by atoms with Gasteiger partial charge in [0.2, 0.25) is 5.91 Å². The van der Waals surface area contributed by atoms with E-state index in [0.29, 0.717) is 0 Å². The lowest BCUT2D eigenvalue weighted by atomic mass is 10.1. The summed E-state index contributed by atoms with van der Waals surface area (Å²) in [7, 11) is 0. The van der Waals surface area contributed by atoms with E-state index in [2.05, 4.69) is 16.4 Å². The molecule has 1 saturated heterocycles. The number of amides is 1. The lowest BCUT2D eigenvalue weighted by molar-refractivity contribution is -0.122. The van der Waals surface area contributed by atoms with Gasteiger partial charge in [-0.15, -0.1) is 11.3 Å². The van der Waals surface area contributed by atoms with Crippen molar-refractivity contribution in [2.24, 2.45) is 5.92 Å². The molecule has 0 spiro atoms. The second-order valence-corrected chi connectivity index (χ2v) is 5.17. The maximum Gasteiger partial charge on any atom is 0.223 e. The van der Waals surface area contributed by atoms with Crippen molar-refractivity contribution in [1.82, 2.24) is 10.3 Å². The number of para-hydroxylation sites is 1. The number of carbonyl (C=O) groups is 1. The van der Waals surface area contributed by atoms with E-state index in [1.807, 2.05) is 18.2 Å². The van der Waals surface area contributed by atoms with Crippen molar-refractivity contribution in [3.8, 4) is 0 Å². The monoisotopic (exact) mass is 232 g/mol. The zero-order valence-electron chi connectivity index (χ0n) is 8.77. The van der Waals surface area contributed by atoms with Gasteiger partial charge in [0.1, 0.15) is 0 Å². The van der Waals surface area contributed by atoms with Gasteiger partial charge in [0, 0.05) is 18.9 Å². The molecule has 0 aliphatic carbocycles. The summed E-state index contributed by atoms with van der Waals surface area (Å²) in [5, 5.41) is 3.93. The molecule has 3 nitrogen and oxygen atoms in total. The molecule has 1 unspecified atom stereocenters. The third-order valence-corrected chi connectivity index (χ3v) is 3.98. The summed E-state index contributed by atoms with van der Waals surface area (Å²) in [5.74, 6) is 0.305. The van der Waals surface area contributed by atoms with Crippen LogP contribution in [-0.2, 0) is 11.2 Å². The van der Waals surface area contributed by atoms with Crippen LogP contribution in [0, 0.1) is 5.92 Å². The lowest BCUT2D eigenvalue weighted by Crippen LogP contribution is -2.20. The fourth-order valence-corrected chi connectivity index (χ4v) is 3.11. The Hall–Kier alpha value is -1.42. The standard InChI is InChI=1S/C12H12N2OS/c15-12-8(5-6-13-12)7-11-14-9-3-1-2-4-10(9)16-11/h1-4,8H,5-7H2,(H,13,15). The molecule has 1 N–H and O–H groups in total. The number of nitrogens with one attached hydrogen (secondary N) is 1. The molecule has 4 heteroatoms. The van der Waals surface area contributed by atoms with Crippen molar-refractivity contribution in [2.75, 3.05) is 6.54 Å². The van der Waals surface area contributed by atoms with Gasteiger partial charge in [-0.1, -0.05) is 12.1 Å². The number of aromatic nitrogens is 1. The number of fused-ring (bicyclic) bond motifs is 1. The Kier molecular flexibility index (Phi) is 2.36. The number of carbonyl (C=O) groups excluding carboxylic acids is 1. The van der Waals surface area contributed by atoms with Crippen LogP contribution >= 0.6 is 11.3 Å². The number of thiazole rings is 1. The van der Waals surface area contributed by atoms with Gasteiger partial charge in [-0.3, -0.25) is 4.79 Å². The minimum atomic E-state index is 0.126. The number of rotatable bonds is 2. The van der Waals surface area contributed by atoms with E-state index in [1.54, 1.807) is 11.3 Å². The second kappa shape index (κ2) is 3.87. The summed E-state index contributed by atoms with van der Waals surface area (Å²) >= 11 is 1.70. The Bertz CT molecular complexity index is 502. The van der Waals surface area contributed by atoms with Crippen LogP contribution in [0.1, 0.15) is 11.4 Å². The molecule has 0 saturated carbocycles. The highest BCUT2D eigenvalue weighted by Gasteiger charge is 2.25. The third kappa shape index (κ3) is 1.69. The van der Waals surface area contributed by atoms with Crippen LogP contribution in [0.2, 0.25) is 0 Å². The summed E-state index contributed by atoms with van der Waals surface area (Å²) in [6.45, 7) is 0.814. The van der Waals surface area contributed by atoms with Gasteiger partial charge in [0.25, 0.3) is 0 Å². The third-order valence-electron chi connectivity index (χ3n) is 2.92. The summed E-state index contributed by atoms with van der Waals surface area (Å²) < 4.78 is 1.20. The van der Waals surface area contributed by atoms with Gasteiger partial charge >= 0.3 is 0 Å². The van der Waals surface area contributed by atoms with Crippen LogP contribution in [0.4, 0.5) is 0 Å². The van der Waals surface area contributed by atoms with Crippen molar-refractivity contribution in [2.45, 2.75) is 12.8 Å². The molecular weight excluding hydrogens is 220 g/mol. The summed E-state index contributed by atoms with van der Waals surface area (Å²) in [5.41, 5.74) is 1.04. The molecule has 16 heavy (non-hydrogen) atoms. The quantitative estimate of drug-likeness (QED) is 0.860. The van der Waals surface area contributed by atoms with Crippen LogP contribution in [0.5, 0.6) is 0 Å². The Morgan fingerprint density at radius 2 is 2.31 bits per heavy atom. The molecule has 1 aromatic carbocycles. The van der Waals surface area contributed by atoms with Crippen LogP contribution in [-0.4, -0.2) is 17.4 Å². The van der Waals surface area contributed by atoms with Gasteiger partial charge in [0.05, 0.1) is 15.2 Å². The minimum Gasteiger partial charge on any atom is -0.356 e. The first-order chi connectivity index (χ1) is 7.83. The van der Waals surface area contributed by atoms with E-state index in [1.165, 1.54) is 4.70 Å². The molecule has 2 heterocycles. The fourth-order valence-electron chi connectivity index (χ4n) is 2.06. The highest BCUT2D eigenvalue weighted by Crippen LogP contribution is 2.25. The normalized spacial score (nSPS) is 20.2. The first kappa shape index (κ1) is 9.78. The number of nitrogens with zero attached hydrogens (tertiary/aromatic N) is 1. The highest BCUT2D eigenvalue weighted by atomic mass is 32.1. The van der Waals surface area contributed by atoms with Crippen LogP contribution < -0.4 is 5.32 Å². The molecule has 2 aromatic rings. The van der Waals surface area contributed by atoms with Crippen molar-refractivity contribution >= 4 is 27.5 Å². The number of hydrogen-bond acceptors (Lipinski definition) is 3. The predicted octanol–water partition coefficient (Wildman–Crippen LogP) is 1.97. The van der Waals surface area contributed by atoms with Gasteiger partial charge in [-0.25, -0.2) is 4.98 Å². The summed E-state index contributed by atoms with van der Waals surface area (Å²) in [4.78, 5) is 16.0. The molecule has 1 atom stereocenters. The first-order valence-electron chi connectivity index (χ1n) is 5.45. The molecule has 0 bridgehead atoms. The van der Waals surface area contributed by atoms with E-state index in [4.69, 9.17) is 0 Å². The maximum atomic E-state index is 11.5. The summed E-state index contributed by atoms with van der Waals surface area (Å²) in [6.07, 6.45) is 1.72. The number of hydrogen-bond donors (Lipinski definition) is 1. The van der Waals surface area contributed by atoms with Gasteiger partial charge in [-0.2, -0.15) is 0 Å². The van der Waals surface area contributed by atoms with Gasteiger partial charge in [-0.05, 0) is 18.6 Å².